The minimum Gasteiger partial charge on any atom is -0.275 e. The minimum atomic E-state index is -0.459. The Balaban J connectivity index is 0. The van der Waals surface area contributed by atoms with Gasteiger partial charge in [-0.15, -0.1) is 24.0 Å². The lowest BCUT2D eigenvalue weighted by molar-refractivity contribution is 0.240. The maximum atomic E-state index is 10.1. The molecule has 0 saturated heterocycles. The average Bonchev–Trinajstić information content (AvgIpc) is 1.83. The molecule has 0 heterocycles. The van der Waals surface area contributed by atoms with Gasteiger partial charge in [0.15, 0.2) is 0 Å². The Hall–Kier alpha value is 0.270. The lowest BCUT2D eigenvalue weighted by atomic mass is 11.1. The molecule has 7 heteroatoms. The molecule has 0 atom stereocenters. The van der Waals surface area contributed by atoms with Gasteiger partial charge in [0.1, 0.15) is 0 Å². The van der Waals surface area contributed by atoms with Crippen LogP contribution in [0.5, 0.6) is 0 Å². The van der Waals surface area contributed by atoms with Crippen molar-refractivity contribution in [1.29, 1.82) is 0 Å². The smallest absolute Gasteiger partial charge is 0.275 e. The van der Waals surface area contributed by atoms with Gasteiger partial charge < -0.3 is 0 Å². The second kappa shape index (κ2) is 8.27. The van der Waals surface area contributed by atoms with Crippen molar-refractivity contribution < 1.29 is 4.79 Å². The summed E-state index contributed by atoms with van der Waals surface area (Å²) >= 11 is 1.27. The van der Waals surface area contributed by atoms with Crippen LogP contribution in [0.4, 0.5) is 4.79 Å². The fourth-order valence-electron chi connectivity index (χ4n) is 0.133. The molecule has 0 aliphatic heterocycles. The highest BCUT2D eigenvalue weighted by molar-refractivity contribution is 14.0. The number of hydrogen-bond donors (Lipinski definition) is 4. The molecule has 0 fully saturated rings. The van der Waals surface area contributed by atoms with E-state index in [4.69, 9.17) is 5.84 Å². The zero-order valence-corrected chi connectivity index (χ0v) is 7.95. The van der Waals surface area contributed by atoms with Crippen molar-refractivity contribution in [3.05, 3.63) is 0 Å². The molecule has 0 aromatic rings. The molecule has 0 saturated carbocycles. The van der Waals surface area contributed by atoms with E-state index in [1.807, 2.05) is 5.43 Å². The molecule has 5 nitrogen and oxygen atoms in total. The maximum Gasteiger partial charge on any atom is 0.343 e. The minimum absolute atomic E-state index is 0. The number of amides is 2. The third-order valence-electron chi connectivity index (χ3n) is 0.398. The molecule has 0 radical (unpaired) electrons. The molecule has 0 spiro atoms. The van der Waals surface area contributed by atoms with E-state index in [2.05, 4.69) is 10.3 Å². The summed E-state index contributed by atoms with van der Waals surface area (Å²) in [7, 11) is 0. The number of urea groups is 1. The molecule has 0 rings (SSSR count). The van der Waals surface area contributed by atoms with Gasteiger partial charge in [-0.2, -0.15) is 4.83 Å². The number of halogens is 1. The van der Waals surface area contributed by atoms with E-state index in [1.165, 1.54) is 11.9 Å². The normalized spacial score (nSPS) is 7.33. The van der Waals surface area contributed by atoms with Crippen molar-refractivity contribution in [3.63, 3.8) is 0 Å². The molecular formula is C2H9IN4OS. The summed E-state index contributed by atoms with van der Waals surface area (Å²) in [5.41, 5.74) is 4.09. The summed E-state index contributed by atoms with van der Waals surface area (Å²) < 4.78 is 0. The Morgan fingerprint density at radius 2 is 2.22 bits per heavy atom. The van der Waals surface area contributed by atoms with Crippen LogP contribution in [-0.4, -0.2) is 12.3 Å². The molecule has 5 N–H and O–H groups in total. The van der Waals surface area contributed by atoms with Gasteiger partial charge in [0, 0.05) is 0 Å². The van der Waals surface area contributed by atoms with Crippen LogP contribution < -0.4 is 21.5 Å². The molecule has 0 aromatic heterocycles. The van der Waals surface area contributed by atoms with Crippen LogP contribution in [0.3, 0.4) is 0 Å². The van der Waals surface area contributed by atoms with Crippen molar-refractivity contribution in [2.45, 2.75) is 0 Å². The fraction of sp³-hybridized carbons (Fsp3) is 0.500. The van der Waals surface area contributed by atoms with E-state index in [-0.39, 0.29) is 24.0 Å². The predicted molar refractivity (Wildman–Crippen MR) is 47.9 cm³/mol. The van der Waals surface area contributed by atoms with Crippen LogP contribution in [0, 0.1) is 0 Å². The summed E-state index contributed by atoms with van der Waals surface area (Å²) in [6.07, 6.45) is 1.77. The first-order valence-corrected chi connectivity index (χ1v) is 3.08. The first-order chi connectivity index (χ1) is 3.81. The lowest BCUT2D eigenvalue weighted by Crippen LogP contribution is -2.44. The van der Waals surface area contributed by atoms with Crippen molar-refractivity contribution in [2.24, 2.45) is 5.84 Å². The van der Waals surface area contributed by atoms with Crippen LogP contribution in [0.15, 0.2) is 0 Å². The Morgan fingerprint density at radius 1 is 1.67 bits per heavy atom. The predicted octanol–water partition coefficient (Wildman–Crippen LogP) is -0.440. The number of carbonyl (C=O) groups is 1. The molecular weight excluding hydrogens is 255 g/mol. The third-order valence-corrected chi connectivity index (χ3v) is 0.704. The van der Waals surface area contributed by atoms with E-state index < -0.39 is 6.03 Å². The molecule has 9 heavy (non-hydrogen) atoms. The van der Waals surface area contributed by atoms with Crippen LogP contribution in [0.1, 0.15) is 0 Å². The summed E-state index contributed by atoms with van der Waals surface area (Å²) in [6, 6.07) is -0.459. The van der Waals surface area contributed by atoms with Crippen molar-refractivity contribution in [2.75, 3.05) is 6.26 Å². The van der Waals surface area contributed by atoms with Crippen LogP contribution in [0.25, 0.3) is 0 Å². The third kappa shape index (κ3) is 8.27. The number of carbonyl (C=O) groups excluding carboxylic acids is 1. The molecule has 0 aromatic carbocycles. The van der Waals surface area contributed by atoms with Gasteiger partial charge >= 0.3 is 6.03 Å². The zero-order chi connectivity index (χ0) is 6.41. The topological polar surface area (TPSA) is 79.2 Å². The molecule has 0 aliphatic rings. The second-order valence-electron chi connectivity index (χ2n) is 0.905. The van der Waals surface area contributed by atoms with Gasteiger partial charge in [0.25, 0.3) is 0 Å². The van der Waals surface area contributed by atoms with E-state index in [9.17, 15) is 4.79 Å². The highest BCUT2D eigenvalue weighted by atomic mass is 127. The monoisotopic (exact) mass is 264 g/mol. The Morgan fingerprint density at radius 3 is 2.56 bits per heavy atom. The van der Waals surface area contributed by atoms with Gasteiger partial charge in [0.05, 0.1) is 0 Å². The number of rotatable bonds is 2. The van der Waals surface area contributed by atoms with Gasteiger partial charge in [-0.05, 0) is 6.26 Å². The number of hydrogen-bond acceptors (Lipinski definition) is 4. The van der Waals surface area contributed by atoms with Gasteiger partial charge in [-0.25, -0.2) is 10.6 Å². The number of nitrogens with two attached hydrogens (primary N) is 1. The number of hydrazine groups is 2. The average molecular weight is 264 g/mol. The summed E-state index contributed by atoms with van der Waals surface area (Å²) in [6.45, 7) is 0. The quantitative estimate of drug-likeness (QED) is 0.179. The largest absolute Gasteiger partial charge is 0.343 e. The van der Waals surface area contributed by atoms with Crippen LogP contribution in [0.2, 0.25) is 0 Å². The Kier molecular flexibility index (Phi) is 11.0. The van der Waals surface area contributed by atoms with E-state index >= 15 is 0 Å². The molecule has 0 bridgehead atoms. The van der Waals surface area contributed by atoms with E-state index in [0.29, 0.717) is 0 Å². The maximum absolute atomic E-state index is 10.1. The SMILES string of the molecule is CSNNC(=O)NN.I. The molecule has 56 valence electrons. The van der Waals surface area contributed by atoms with E-state index in [1.54, 1.807) is 6.26 Å². The molecule has 2 amide bonds. The first-order valence-electron chi connectivity index (χ1n) is 1.86. The molecule has 0 aliphatic carbocycles. The number of nitrogens with one attached hydrogen (secondary N) is 3. The van der Waals surface area contributed by atoms with Crippen LogP contribution >= 0.6 is 35.9 Å². The Bertz CT molecular complexity index is 81.0. The lowest BCUT2D eigenvalue weighted by Gasteiger charge is -2.00. The highest BCUT2D eigenvalue weighted by Crippen LogP contribution is 1.73. The standard InChI is InChI=1S/C2H8N4OS.HI/c1-8-6-5-2(7)4-3;/h6H,3H2,1H3,(H2,4,5,7);1H. The van der Waals surface area contributed by atoms with E-state index in [0.717, 1.165) is 0 Å². The fourth-order valence-corrected chi connectivity index (χ4v) is 0.328. The van der Waals surface area contributed by atoms with Gasteiger partial charge in [-0.3, -0.25) is 10.9 Å². The Labute approximate surface area is 74.6 Å². The van der Waals surface area contributed by atoms with Crippen molar-refractivity contribution in [3.8, 4) is 0 Å². The highest BCUT2D eigenvalue weighted by Gasteiger charge is 1.89. The summed E-state index contributed by atoms with van der Waals surface area (Å²) in [5, 5.41) is 0. The van der Waals surface area contributed by atoms with Gasteiger partial charge in [0.2, 0.25) is 0 Å². The first kappa shape index (κ1) is 12.0. The second-order valence-corrected chi connectivity index (χ2v) is 1.52. The van der Waals surface area contributed by atoms with Gasteiger partial charge in [-0.1, -0.05) is 11.9 Å². The van der Waals surface area contributed by atoms with Crippen molar-refractivity contribution >= 4 is 42.0 Å². The zero-order valence-electron chi connectivity index (χ0n) is 4.80. The summed E-state index contributed by atoms with van der Waals surface area (Å²) in [4.78, 5) is 12.6. The van der Waals surface area contributed by atoms with Crippen LogP contribution in [-0.2, 0) is 0 Å². The van der Waals surface area contributed by atoms with Crippen molar-refractivity contribution in [1.82, 2.24) is 15.7 Å². The molecule has 0 unspecified atom stereocenters. The summed E-state index contributed by atoms with van der Waals surface area (Å²) in [5.74, 6) is 4.70.